The normalized spacial score (nSPS) is 16.1. The number of hydrogen-bond acceptors (Lipinski definition) is 3. The Kier molecular flexibility index (Phi) is 7.23. The minimum atomic E-state index is -0.516. The summed E-state index contributed by atoms with van der Waals surface area (Å²) in [6.07, 6.45) is 1.85. The number of anilines is 1. The van der Waals surface area contributed by atoms with Crippen molar-refractivity contribution in [1.29, 1.82) is 0 Å². The van der Waals surface area contributed by atoms with Crippen LogP contribution in [0.3, 0.4) is 0 Å². The lowest BCUT2D eigenvalue weighted by Gasteiger charge is -2.19. The third-order valence-electron chi connectivity index (χ3n) is 5.01. The van der Waals surface area contributed by atoms with Crippen LogP contribution in [0, 0.1) is 11.7 Å². The molecule has 0 radical (unpaired) electrons. The fourth-order valence-corrected chi connectivity index (χ4v) is 3.77. The molecule has 29 heavy (non-hydrogen) atoms. The lowest BCUT2D eigenvalue weighted by molar-refractivity contribution is -0.117. The molecule has 2 amide bonds. The fourth-order valence-electron chi connectivity index (χ4n) is 3.56. The van der Waals surface area contributed by atoms with Crippen LogP contribution in [-0.4, -0.2) is 43.5 Å². The van der Waals surface area contributed by atoms with Gasteiger partial charge in [-0.15, -0.1) is 0 Å². The zero-order valence-corrected chi connectivity index (χ0v) is 17.0. The van der Waals surface area contributed by atoms with Gasteiger partial charge in [0.1, 0.15) is 5.82 Å². The van der Waals surface area contributed by atoms with E-state index >= 15 is 0 Å². The second kappa shape index (κ2) is 9.85. The van der Waals surface area contributed by atoms with Crippen LogP contribution < -0.4 is 5.32 Å². The van der Waals surface area contributed by atoms with Crippen molar-refractivity contribution < 1.29 is 18.7 Å². The Balaban J connectivity index is 1.68. The monoisotopic (exact) mass is 418 g/mol. The molecule has 0 saturated carbocycles. The molecule has 3 rings (SSSR count). The van der Waals surface area contributed by atoms with Crippen molar-refractivity contribution in [1.82, 2.24) is 4.90 Å². The van der Waals surface area contributed by atoms with E-state index in [1.54, 1.807) is 4.90 Å². The molecule has 7 heteroatoms. The summed E-state index contributed by atoms with van der Waals surface area (Å²) in [4.78, 5) is 26.8. The van der Waals surface area contributed by atoms with Gasteiger partial charge in [-0.3, -0.25) is 9.59 Å². The van der Waals surface area contributed by atoms with Crippen LogP contribution >= 0.6 is 11.6 Å². The van der Waals surface area contributed by atoms with Gasteiger partial charge in [-0.05, 0) is 54.7 Å². The third-order valence-corrected chi connectivity index (χ3v) is 5.24. The zero-order chi connectivity index (χ0) is 20.8. The predicted molar refractivity (Wildman–Crippen MR) is 111 cm³/mol. The molecule has 0 aliphatic carbocycles. The Morgan fingerprint density at radius 1 is 1.28 bits per heavy atom. The van der Waals surface area contributed by atoms with E-state index < -0.39 is 5.82 Å². The molecular formula is C22H24ClFN2O3. The molecule has 1 unspecified atom stereocenters. The van der Waals surface area contributed by atoms with Crippen molar-refractivity contribution in [2.45, 2.75) is 19.3 Å². The number of rotatable bonds is 7. The van der Waals surface area contributed by atoms with Gasteiger partial charge >= 0.3 is 0 Å². The first-order valence-electron chi connectivity index (χ1n) is 9.58. The highest BCUT2D eigenvalue weighted by Gasteiger charge is 2.29. The number of benzene rings is 2. The van der Waals surface area contributed by atoms with Crippen molar-refractivity contribution in [3.8, 4) is 0 Å². The van der Waals surface area contributed by atoms with Crippen molar-refractivity contribution in [3.63, 3.8) is 0 Å². The summed E-state index contributed by atoms with van der Waals surface area (Å²) in [6.45, 7) is 1.45. The molecule has 0 spiro atoms. The fraction of sp³-hybridized carbons (Fsp3) is 0.364. The van der Waals surface area contributed by atoms with Crippen molar-refractivity contribution in [2.24, 2.45) is 5.92 Å². The molecule has 2 aromatic rings. The van der Waals surface area contributed by atoms with Crippen LogP contribution in [0.1, 0.15) is 28.8 Å². The summed E-state index contributed by atoms with van der Waals surface area (Å²) in [5.74, 6) is -0.767. The number of amides is 2. The smallest absolute Gasteiger partial charge is 0.256 e. The lowest BCUT2D eigenvalue weighted by atomic mass is 9.99. The number of likely N-dealkylation sites (tertiary alicyclic amines) is 1. The molecule has 1 saturated heterocycles. The van der Waals surface area contributed by atoms with Gasteiger partial charge in [0.05, 0.1) is 24.3 Å². The zero-order valence-electron chi connectivity index (χ0n) is 16.3. The minimum Gasteiger partial charge on any atom is -0.384 e. The number of hydrogen-bond donors (Lipinski definition) is 1. The van der Waals surface area contributed by atoms with E-state index in [9.17, 15) is 14.0 Å². The maximum atomic E-state index is 13.8. The summed E-state index contributed by atoms with van der Waals surface area (Å²) in [6, 6.07) is 11.5. The molecular weight excluding hydrogens is 395 g/mol. The topological polar surface area (TPSA) is 58.6 Å². The van der Waals surface area contributed by atoms with Crippen LogP contribution in [0.25, 0.3) is 0 Å². The second-order valence-corrected chi connectivity index (χ2v) is 7.66. The van der Waals surface area contributed by atoms with Crippen molar-refractivity contribution in [3.05, 3.63) is 64.4 Å². The van der Waals surface area contributed by atoms with Crippen molar-refractivity contribution >= 4 is 29.1 Å². The number of halogens is 2. The summed E-state index contributed by atoms with van der Waals surface area (Å²) >= 11 is 6.05. The number of carbonyl (C=O) groups excluding carboxylic acids is 2. The van der Waals surface area contributed by atoms with E-state index in [2.05, 4.69) is 5.32 Å². The van der Waals surface area contributed by atoms with E-state index in [-0.39, 0.29) is 30.4 Å². The maximum Gasteiger partial charge on any atom is 0.256 e. The van der Waals surface area contributed by atoms with Gasteiger partial charge in [-0.1, -0.05) is 23.7 Å². The molecule has 0 aromatic heterocycles. The summed E-state index contributed by atoms with van der Waals surface area (Å²) < 4.78 is 18.7. The van der Waals surface area contributed by atoms with Crippen LogP contribution in [0.5, 0.6) is 0 Å². The lowest BCUT2D eigenvalue weighted by Crippen LogP contribution is -2.30. The molecule has 1 fully saturated rings. The average molecular weight is 419 g/mol. The Bertz CT molecular complexity index is 890. The molecule has 1 aliphatic rings. The van der Waals surface area contributed by atoms with Gasteiger partial charge < -0.3 is 15.0 Å². The summed E-state index contributed by atoms with van der Waals surface area (Å²) in [7, 11) is 1.51. The number of nitrogens with one attached hydrogen (secondary N) is 1. The maximum absolute atomic E-state index is 13.8. The first-order valence-corrected chi connectivity index (χ1v) is 9.96. The van der Waals surface area contributed by atoms with E-state index in [1.165, 1.54) is 25.3 Å². The first kappa shape index (κ1) is 21.3. The van der Waals surface area contributed by atoms with Crippen LogP contribution in [0.15, 0.2) is 42.5 Å². The minimum absolute atomic E-state index is 0.160. The van der Waals surface area contributed by atoms with E-state index in [0.29, 0.717) is 29.7 Å². The summed E-state index contributed by atoms with van der Waals surface area (Å²) in [5.41, 5.74) is 1.61. The van der Waals surface area contributed by atoms with E-state index in [1.807, 2.05) is 24.3 Å². The molecule has 5 nitrogen and oxygen atoms in total. The predicted octanol–water partition coefficient (Wildman–Crippen LogP) is 4.16. The SMILES string of the molecule is COCCC(=O)Nc1ccc(F)cc1C(=O)N1CCC(Cc2cccc(Cl)c2)C1. The van der Waals surface area contributed by atoms with Gasteiger partial charge in [-0.2, -0.15) is 0 Å². The molecule has 1 heterocycles. The molecule has 1 atom stereocenters. The van der Waals surface area contributed by atoms with Gasteiger partial charge in [0.25, 0.3) is 5.91 Å². The Morgan fingerprint density at radius 2 is 2.10 bits per heavy atom. The van der Waals surface area contributed by atoms with Gasteiger partial charge in [-0.25, -0.2) is 4.39 Å². The van der Waals surface area contributed by atoms with Crippen LogP contribution in [0.4, 0.5) is 10.1 Å². The van der Waals surface area contributed by atoms with Crippen LogP contribution in [-0.2, 0) is 16.0 Å². The Labute approximate surface area is 174 Å². The van der Waals surface area contributed by atoms with E-state index in [0.717, 1.165) is 18.4 Å². The Morgan fingerprint density at radius 3 is 2.86 bits per heavy atom. The number of carbonyl (C=O) groups is 2. The molecule has 1 aliphatic heterocycles. The van der Waals surface area contributed by atoms with Gasteiger partial charge in [0.2, 0.25) is 5.91 Å². The quantitative estimate of drug-likeness (QED) is 0.734. The average Bonchev–Trinajstić information content (AvgIpc) is 3.15. The number of nitrogens with zero attached hydrogens (tertiary/aromatic N) is 1. The third kappa shape index (κ3) is 5.78. The molecule has 2 aromatic carbocycles. The van der Waals surface area contributed by atoms with Gasteiger partial charge in [0, 0.05) is 25.2 Å². The summed E-state index contributed by atoms with van der Waals surface area (Å²) in [5, 5.41) is 3.38. The highest BCUT2D eigenvalue weighted by Crippen LogP contribution is 2.26. The molecule has 0 bridgehead atoms. The van der Waals surface area contributed by atoms with Gasteiger partial charge in [0.15, 0.2) is 0 Å². The van der Waals surface area contributed by atoms with Crippen molar-refractivity contribution in [2.75, 3.05) is 32.1 Å². The second-order valence-electron chi connectivity index (χ2n) is 7.22. The van der Waals surface area contributed by atoms with E-state index in [4.69, 9.17) is 16.3 Å². The molecule has 1 N–H and O–H groups in total. The number of methoxy groups -OCH3 is 1. The highest BCUT2D eigenvalue weighted by atomic mass is 35.5. The Hall–Kier alpha value is -2.44. The highest BCUT2D eigenvalue weighted by molar-refractivity contribution is 6.30. The molecule has 154 valence electrons. The van der Waals surface area contributed by atoms with Crippen LogP contribution in [0.2, 0.25) is 5.02 Å². The standard InChI is InChI=1S/C22H24ClFN2O3/c1-29-10-8-21(27)25-20-6-5-18(24)13-19(20)22(28)26-9-7-16(14-26)11-15-3-2-4-17(23)12-15/h2-6,12-13,16H,7-11,14H2,1H3,(H,25,27). The first-order chi connectivity index (χ1) is 14.0. The largest absolute Gasteiger partial charge is 0.384 e. The number of ether oxygens (including phenoxy) is 1.